The molecule has 0 bridgehead atoms. The largest absolute Gasteiger partial charge is 0.329 e. The molecule has 0 fully saturated rings. The van der Waals surface area contributed by atoms with Gasteiger partial charge in [0.1, 0.15) is 0 Å². The van der Waals surface area contributed by atoms with Crippen LogP contribution < -0.4 is 5.73 Å². The molecule has 84 valence electrons. The van der Waals surface area contributed by atoms with Crippen molar-refractivity contribution < 1.29 is 0 Å². The summed E-state index contributed by atoms with van der Waals surface area (Å²) in [5.74, 6) is 0. The highest BCUT2D eigenvalue weighted by Gasteiger charge is 2.13. The van der Waals surface area contributed by atoms with Crippen molar-refractivity contribution in [2.24, 2.45) is 5.73 Å². The van der Waals surface area contributed by atoms with E-state index in [1.165, 1.54) is 5.56 Å². The molecule has 3 nitrogen and oxygen atoms in total. The van der Waals surface area contributed by atoms with Crippen LogP contribution in [0.4, 0.5) is 0 Å². The molecule has 2 aromatic heterocycles. The lowest BCUT2D eigenvalue weighted by atomic mass is 10.2. The summed E-state index contributed by atoms with van der Waals surface area (Å²) in [6.45, 7) is 2.56. The second-order valence-electron chi connectivity index (χ2n) is 3.38. The monoisotopic (exact) mass is 251 g/mol. The zero-order valence-electron chi connectivity index (χ0n) is 8.96. The quantitative estimate of drug-likeness (QED) is 0.670. The van der Waals surface area contributed by atoms with Gasteiger partial charge in [0.05, 0.1) is 5.25 Å². The van der Waals surface area contributed by atoms with Crippen LogP contribution in [-0.4, -0.2) is 16.5 Å². The van der Waals surface area contributed by atoms with E-state index >= 15 is 0 Å². The first-order chi connectivity index (χ1) is 7.79. The highest BCUT2D eigenvalue weighted by Crippen LogP contribution is 2.33. The molecule has 0 saturated heterocycles. The van der Waals surface area contributed by atoms with Gasteiger partial charge < -0.3 is 5.73 Å². The highest BCUT2D eigenvalue weighted by atomic mass is 32.2. The number of hydrogen-bond acceptors (Lipinski definition) is 5. The molecule has 5 heteroatoms. The molecule has 0 aliphatic rings. The van der Waals surface area contributed by atoms with Crippen molar-refractivity contribution in [1.82, 2.24) is 9.97 Å². The molecular formula is C11H13N3S2. The van der Waals surface area contributed by atoms with Crippen molar-refractivity contribution in [3.63, 3.8) is 0 Å². The molecule has 0 aliphatic carbocycles. The van der Waals surface area contributed by atoms with Crippen molar-refractivity contribution in [3.8, 4) is 0 Å². The number of nitrogens with two attached hydrogens (primary N) is 1. The molecule has 0 aromatic carbocycles. The van der Waals surface area contributed by atoms with Gasteiger partial charge in [-0.2, -0.15) is 11.3 Å². The third-order valence-corrected chi connectivity index (χ3v) is 4.01. The lowest BCUT2D eigenvalue weighted by Gasteiger charge is -2.11. The maximum Gasteiger partial charge on any atom is 0.188 e. The number of aromatic nitrogens is 2. The van der Waals surface area contributed by atoms with E-state index in [2.05, 4.69) is 26.8 Å². The summed E-state index contributed by atoms with van der Waals surface area (Å²) in [6.07, 6.45) is 1.78. The third-order valence-electron chi connectivity index (χ3n) is 2.15. The molecule has 2 heterocycles. The van der Waals surface area contributed by atoms with Crippen LogP contribution in [0.2, 0.25) is 0 Å². The van der Waals surface area contributed by atoms with Gasteiger partial charge in [0.25, 0.3) is 0 Å². The summed E-state index contributed by atoms with van der Waals surface area (Å²) in [5.41, 5.74) is 8.02. The van der Waals surface area contributed by atoms with Crippen LogP contribution >= 0.6 is 23.1 Å². The number of thioether (sulfide) groups is 1. The molecule has 2 rings (SSSR count). The number of thiophene rings is 1. The Hall–Kier alpha value is -0.910. The SMILES string of the molecule is Cc1ccnc(SC(CN)c2ccsc2)n1. The van der Waals surface area contributed by atoms with Gasteiger partial charge in [-0.3, -0.25) is 0 Å². The summed E-state index contributed by atoms with van der Waals surface area (Å²) in [5, 5.41) is 5.23. The van der Waals surface area contributed by atoms with Crippen LogP contribution in [0.15, 0.2) is 34.2 Å². The van der Waals surface area contributed by atoms with E-state index in [-0.39, 0.29) is 5.25 Å². The van der Waals surface area contributed by atoms with Crippen LogP contribution in [0.1, 0.15) is 16.5 Å². The zero-order chi connectivity index (χ0) is 11.4. The lowest BCUT2D eigenvalue weighted by Crippen LogP contribution is -2.09. The number of aryl methyl sites for hydroxylation is 1. The maximum atomic E-state index is 5.78. The van der Waals surface area contributed by atoms with Crippen LogP contribution in [-0.2, 0) is 0 Å². The predicted octanol–water partition coefficient (Wildman–Crippen LogP) is 2.64. The van der Waals surface area contributed by atoms with Gasteiger partial charge in [0, 0.05) is 18.4 Å². The van der Waals surface area contributed by atoms with Crippen molar-refractivity contribution in [3.05, 3.63) is 40.3 Å². The van der Waals surface area contributed by atoms with Crippen LogP contribution in [0.25, 0.3) is 0 Å². The predicted molar refractivity (Wildman–Crippen MR) is 68.7 cm³/mol. The topological polar surface area (TPSA) is 51.8 Å². The zero-order valence-corrected chi connectivity index (χ0v) is 10.6. The van der Waals surface area contributed by atoms with Gasteiger partial charge in [-0.25, -0.2) is 9.97 Å². The van der Waals surface area contributed by atoms with E-state index in [1.807, 2.05) is 13.0 Å². The van der Waals surface area contributed by atoms with E-state index < -0.39 is 0 Å². The molecule has 2 aromatic rings. The molecule has 1 atom stereocenters. The van der Waals surface area contributed by atoms with Crippen molar-refractivity contribution in [2.75, 3.05) is 6.54 Å². The van der Waals surface area contributed by atoms with Gasteiger partial charge in [-0.05, 0) is 35.4 Å². The molecule has 1 unspecified atom stereocenters. The minimum absolute atomic E-state index is 0.244. The van der Waals surface area contributed by atoms with E-state index in [9.17, 15) is 0 Å². The Kier molecular flexibility index (Phi) is 3.93. The summed E-state index contributed by atoms with van der Waals surface area (Å²) in [6, 6.07) is 4.00. The van der Waals surface area contributed by atoms with E-state index in [0.717, 1.165) is 10.9 Å². The van der Waals surface area contributed by atoms with Crippen LogP contribution in [0, 0.1) is 6.92 Å². The fourth-order valence-electron chi connectivity index (χ4n) is 1.32. The summed E-state index contributed by atoms with van der Waals surface area (Å²) in [7, 11) is 0. The van der Waals surface area contributed by atoms with E-state index in [1.54, 1.807) is 29.3 Å². The Morgan fingerprint density at radius 3 is 3.00 bits per heavy atom. The fraction of sp³-hybridized carbons (Fsp3) is 0.273. The Morgan fingerprint density at radius 1 is 1.50 bits per heavy atom. The van der Waals surface area contributed by atoms with Gasteiger partial charge in [0.2, 0.25) is 0 Å². The molecule has 0 radical (unpaired) electrons. The molecule has 0 aliphatic heterocycles. The molecular weight excluding hydrogens is 238 g/mol. The maximum absolute atomic E-state index is 5.78. The van der Waals surface area contributed by atoms with Gasteiger partial charge in [0.15, 0.2) is 5.16 Å². The minimum atomic E-state index is 0.244. The van der Waals surface area contributed by atoms with Crippen LogP contribution in [0.5, 0.6) is 0 Å². The molecule has 0 amide bonds. The minimum Gasteiger partial charge on any atom is -0.329 e. The summed E-state index contributed by atoms with van der Waals surface area (Å²) < 4.78 is 0. The van der Waals surface area contributed by atoms with Gasteiger partial charge >= 0.3 is 0 Å². The van der Waals surface area contributed by atoms with Gasteiger partial charge in [-0.1, -0.05) is 11.8 Å². The smallest absolute Gasteiger partial charge is 0.188 e. The molecule has 0 spiro atoms. The lowest BCUT2D eigenvalue weighted by molar-refractivity contribution is 0.897. The second kappa shape index (κ2) is 5.43. The first kappa shape index (κ1) is 11.6. The summed E-state index contributed by atoms with van der Waals surface area (Å²) >= 11 is 3.31. The van der Waals surface area contributed by atoms with Crippen LogP contribution in [0.3, 0.4) is 0 Å². The first-order valence-corrected chi connectivity index (χ1v) is 6.80. The Bertz CT molecular complexity index is 442. The van der Waals surface area contributed by atoms with E-state index in [4.69, 9.17) is 5.73 Å². The normalized spacial score (nSPS) is 12.6. The van der Waals surface area contributed by atoms with Crippen molar-refractivity contribution in [1.29, 1.82) is 0 Å². The standard InChI is InChI=1S/C11H13N3S2/c1-8-2-4-13-11(14-8)16-10(6-12)9-3-5-15-7-9/h2-5,7,10H,6,12H2,1H3. The Labute approximate surface area is 103 Å². The number of nitrogens with zero attached hydrogens (tertiary/aromatic N) is 2. The highest BCUT2D eigenvalue weighted by molar-refractivity contribution is 7.99. The molecule has 0 saturated carbocycles. The number of hydrogen-bond donors (Lipinski definition) is 1. The molecule has 2 N–H and O–H groups in total. The van der Waals surface area contributed by atoms with E-state index in [0.29, 0.717) is 6.54 Å². The first-order valence-electron chi connectivity index (χ1n) is 4.98. The molecule has 16 heavy (non-hydrogen) atoms. The third kappa shape index (κ3) is 2.81. The Morgan fingerprint density at radius 2 is 2.38 bits per heavy atom. The Balaban J connectivity index is 2.13. The average Bonchev–Trinajstić information content (AvgIpc) is 2.79. The second-order valence-corrected chi connectivity index (χ2v) is 5.33. The average molecular weight is 251 g/mol. The number of rotatable bonds is 4. The van der Waals surface area contributed by atoms with Crippen molar-refractivity contribution >= 4 is 23.1 Å². The van der Waals surface area contributed by atoms with Crippen molar-refractivity contribution in [2.45, 2.75) is 17.3 Å². The fourth-order valence-corrected chi connectivity index (χ4v) is 3.07. The summed E-state index contributed by atoms with van der Waals surface area (Å²) in [4.78, 5) is 8.61. The van der Waals surface area contributed by atoms with Gasteiger partial charge in [-0.15, -0.1) is 0 Å².